The van der Waals surface area contributed by atoms with E-state index in [0.717, 1.165) is 13.1 Å². The molecule has 1 aliphatic heterocycles. The highest BCUT2D eigenvalue weighted by molar-refractivity contribution is 4.98. The first-order valence-electron chi connectivity index (χ1n) is 7.36. The number of β-amino-alcohol motifs (C(OH)–C–C–N with tert-alkyl or cyclic N) is 1. The summed E-state index contributed by atoms with van der Waals surface area (Å²) in [5, 5.41) is 10.7. The van der Waals surface area contributed by atoms with E-state index in [-0.39, 0.29) is 0 Å². The third kappa shape index (κ3) is 3.21. The molecule has 0 radical (unpaired) electrons. The van der Waals surface area contributed by atoms with Crippen LogP contribution in [0.15, 0.2) is 0 Å². The number of likely N-dealkylation sites (tertiary alicyclic amines) is 1. The first-order valence-corrected chi connectivity index (χ1v) is 7.36. The van der Waals surface area contributed by atoms with Crippen LogP contribution in [0.1, 0.15) is 51.9 Å². The van der Waals surface area contributed by atoms with Gasteiger partial charge in [0.05, 0.1) is 5.60 Å². The van der Waals surface area contributed by atoms with E-state index in [0.29, 0.717) is 18.5 Å². The van der Waals surface area contributed by atoms with Crippen molar-refractivity contribution in [3.63, 3.8) is 0 Å². The Morgan fingerprint density at radius 3 is 2.59 bits per heavy atom. The Kier molecular flexibility index (Phi) is 4.45. The third-order valence-electron chi connectivity index (χ3n) is 4.64. The van der Waals surface area contributed by atoms with Gasteiger partial charge in [-0.1, -0.05) is 19.8 Å². The lowest BCUT2D eigenvalue weighted by Crippen LogP contribution is -2.52. The average molecular weight is 240 g/mol. The minimum atomic E-state index is -0.613. The van der Waals surface area contributed by atoms with E-state index in [1.807, 2.05) is 0 Å². The van der Waals surface area contributed by atoms with Crippen molar-refractivity contribution in [2.45, 2.75) is 63.5 Å². The number of hydrogen-bond acceptors (Lipinski definition) is 3. The van der Waals surface area contributed by atoms with Gasteiger partial charge in [-0.25, -0.2) is 0 Å². The molecule has 3 N–H and O–H groups in total. The van der Waals surface area contributed by atoms with Gasteiger partial charge in [-0.3, -0.25) is 4.90 Å². The summed E-state index contributed by atoms with van der Waals surface area (Å²) in [4.78, 5) is 2.51. The fourth-order valence-corrected chi connectivity index (χ4v) is 3.24. The molecule has 2 rings (SSSR count). The standard InChI is InChI=1S/C14H28N2O/c1-2-13-6-4-3-5-9-16(13)11-14(17,10-15)12-7-8-12/h12-13,17H,2-11,15H2,1H3. The van der Waals surface area contributed by atoms with Crippen LogP contribution in [-0.2, 0) is 0 Å². The van der Waals surface area contributed by atoms with Crippen LogP contribution in [0.5, 0.6) is 0 Å². The molecular formula is C14H28N2O. The summed E-state index contributed by atoms with van der Waals surface area (Å²) < 4.78 is 0. The van der Waals surface area contributed by atoms with Crippen molar-refractivity contribution in [2.75, 3.05) is 19.6 Å². The Labute approximate surface area is 105 Å². The lowest BCUT2D eigenvalue weighted by molar-refractivity contribution is -0.0194. The van der Waals surface area contributed by atoms with E-state index in [1.54, 1.807) is 0 Å². The van der Waals surface area contributed by atoms with Gasteiger partial charge in [0.1, 0.15) is 0 Å². The number of rotatable bonds is 5. The van der Waals surface area contributed by atoms with Crippen LogP contribution >= 0.6 is 0 Å². The first kappa shape index (κ1) is 13.3. The summed E-state index contributed by atoms with van der Waals surface area (Å²) in [5.74, 6) is 0.466. The van der Waals surface area contributed by atoms with Crippen molar-refractivity contribution in [2.24, 2.45) is 11.7 Å². The zero-order valence-corrected chi connectivity index (χ0v) is 11.2. The van der Waals surface area contributed by atoms with Crippen molar-refractivity contribution in [1.29, 1.82) is 0 Å². The Hall–Kier alpha value is -0.120. The molecule has 0 bridgehead atoms. The molecule has 2 unspecified atom stereocenters. The van der Waals surface area contributed by atoms with Gasteiger partial charge in [0.25, 0.3) is 0 Å². The first-order chi connectivity index (χ1) is 8.19. The van der Waals surface area contributed by atoms with Gasteiger partial charge in [0, 0.05) is 19.1 Å². The smallest absolute Gasteiger partial charge is 0.0923 e. The molecule has 1 saturated heterocycles. The average Bonchev–Trinajstić information content (AvgIpc) is 3.16. The Balaban J connectivity index is 1.98. The molecule has 100 valence electrons. The van der Waals surface area contributed by atoms with E-state index < -0.39 is 5.60 Å². The lowest BCUT2D eigenvalue weighted by Gasteiger charge is -2.37. The van der Waals surface area contributed by atoms with Gasteiger partial charge in [-0.05, 0) is 44.6 Å². The van der Waals surface area contributed by atoms with Crippen molar-refractivity contribution in [1.82, 2.24) is 4.90 Å². The van der Waals surface area contributed by atoms with Crippen LogP contribution in [0, 0.1) is 5.92 Å². The largest absolute Gasteiger partial charge is 0.387 e. The Morgan fingerprint density at radius 1 is 1.24 bits per heavy atom. The predicted molar refractivity (Wildman–Crippen MR) is 70.8 cm³/mol. The molecule has 3 nitrogen and oxygen atoms in total. The van der Waals surface area contributed by atoms with Crippen LogP contribution < -0.4 is 5.73 Å². The highest BCUT2D eigenvalue weighted by Gasteiger charge is 2.44. The van der Waals surface area contributed by atoms with Gasteiger partial charge in [0.2, 0.25) is 0 Å². The van der Waals surface area contributed by atoms with Gasteiger partial charge in [-0.2, -0.15) is 0 Å². The summed E-state index contributed by atoms with van der Waals surface area (Å²) >= 11 is 0. The normalized spacial score (nSPS) is 30.9. The molecule has 1 heterocycles. The number of nitrogens with two attached hydrogens (primary N) is 1. The van der Waals surface area contributed by atoms with E-state index >= 15 is 0 Å². The van der Waals surface area contributed by atoms with E-state index in [2.05, 4.69) is 11.8 Å². The number of hydrogen-bond donors (Lipinski definition) is 2. The highest BCUT2D eigenvalue weighted by atomic mass is 16.3. The van der Waals surface area contributed by atoms with E-state index in [1.165, 1.54) is 44.9 Å². The molecule has 3 heteroatoms. The summed E-state index contributed by atoms with van der Waals surface area (Å²) in [6, 6.07) is 0.661. The van der Waals surface area contributed by atoms with Crippen molar-refractivity contribution < 1.29 is 5.11 Å². The summed E-state index contributed by atoms with van der Waals surface area (Å²) in [7, 11) is 0. The second-order valence-electron chi connectivity index (χ2n) is 5.96. The number of nitrogens with zero attached hydrogens (tertiary/aromatic N) is 1. The zero-order valence-electron chi connectivity index (χ0n) is 11.2. The second-order valence-corrected chi connectivity index (χ2v) is 5.96. The summed E-state index contributed by atoms with van der Waals surface area (Å²) in [6.45, 7) is 4.63. The summed E-state index contributed by atoms with van der Waals surface area (Å²) in [5.41, 5.74) is 5.20. The van der Waals surface area contributed by atoms with Crippen LogP contribution in [0.3, 0.4) is 0 Å². The third-order valence-corrected chi connectivity index (χ3v) is 4.64. The van der Waals surface area contributed by atoms with Gasteiger partial charge < -0.3 is 10.8 Å². The molecule has 0 aromatic rings. The SMILES string of the molecule is CCC1CCCCCN1CC(O)(CN)C1CC1. The Bertz CT molecular complexity index is 242. The summed E-state index contributed by atoms with van der Waals surface area (Å²) in [6.07, 6.45) is 8.79. The maximum absolute atomic E-state index is 10.7. The van der Waals surface area contributed by atoms with Gasteiger partial charge in [-0.15, -0.1) is 0 Å². The second kappa shape index (κ2) is 5.68. The highest BCUT2D eigenvalue weighted by Crippen LogP contribution is 2.40. The maximum Gasteiger partial charge on any atom is 0.0923 e. The predicted octanol–water partition coefficient (Wildman–Crippen LogP) is 1.74. The monoisotopic (exact) mass is 240 g/mol. The molecule has 2 fully saturated rings. The van der Waals surface area contributed by atoms with Crippen LogP contribution in [0.25, 0.3) is 0 Å². The molecule has 0 spiro atoms. The van der Waals surface area contributed by atoms with Crippen molar-refractivity contribution in [3.8, 4) is 0 Å². The molecule has 1 saturated carbocycles. The maximum atomic E-state index is 10.7. The molecule has 2 aliphatic rings. The molecular weight excluding hydrogens is 212 g/mol. The molecule has 17 heavy (non-hydrogen) atoms. The molecule has 2 atom stereocenters. The van der Waals surface area contributed by atoms with Crippen LogP contribution in [0.4, 0.5) is 0 Å². The van der Waals surface area contributed by atoms with Crippen LogP contribution in [0.2, 0.25) is 0 Å². The number of aliphatic hydroxyl groups is 1. The fourth-order valence-electron chi connectivity index (χ4n) is 3.24. The molecule has 0 amide bonds. The van der Waals surface area contributed by atoms with Gasteiger partial charge in [0.15, 0.2) is 0 Å². The van der Waals surface area contributed by atoms with E-state index in [4.69, 9.17) is 5.73 Å². The zero-order chi connectivity index (χ0) is 12.3. The minimum Gasteiger partial charge on any atom is -0.387 e. The molecule has 1 aliphatic carbocycles. The van der Waals surface area contributed by atoms with Crippen LogP contribution in [-0.4, -0.2) is 41.3 Å². The Morgan fingerprint density at radius 2 is 2.00 bits per heavy atom. The fraction of sp³-hybridized carbons (Fsp3) is 1.00. The minimum absolute atomic E-state index is 0.421. The van der Waals surface area contributed by atoms with Gasteiger partial charge >= 0.3 is 0 Å². The van der Waals surface area contributed by atoms with Crippen molar-refractivity contribution in [3.05, 3.63) is 0 Å². The molecule has 0 aromatic carbocycles. The van der Waals surface area contributed by atoms with Crippen molar-refractivity contribution >= 4 is 0 Å². The topological polar surface area (TPSA) is 49.5 Å². The van der Waals surface area contributed by atoms with E-state index in [9.17, 15) is 5.11 Å². The lowest BCUT2D eigenvalue weighted by atomic mass is 9.95. The molecule has 0 aromatic heterocycles. The quantitative estimate of drug-likeness (QED) is 0.769.